The van der Waals surface area contributed by atoms with Crippen LogP contribution in [0.1, 0.15) is 0 Å². The third-order valence-electron chi connectivity index (χ3n) is 0. The summed E-state index contributed by atoms with van der Waals surface area (Å²) in [7, 11) is 0. The topological polar surface area (TPSA) is 0 Å². The van der Waals surface area contributed by atoms with E-state index < -0.39 is 0 Å². The number of rotatable bonds is 0. The molecule has 0 spiro atoms. The average molecular weight is 443 g/mol. The third-order valence-corrected chi connectivity index (χ3v) is 0. The van der Waals surface area contributed by atoms with Gasteiger partial charge in [0.2, 0.25) is 0 Å². The minimum Gasteiger partial charge on any atom is 0 e. The van der Waals surface area contributed by atoms with E-state index in [-0.39, 0.29) is 106 Å². The summed E-state index contributed by atoms with van der Waals surface area (Å²) in [5.41, 5.74) is 0. The van der Waals surface area contributed by atoms with Gasteiger partial charge in [0.1, 0.15) is 0 Å². The maximum atomic E-state index is 0. The zero-order chi connectivity index (χ0) is 0. The van der Waals surface area contributed by atoms with Crippen LogP contribution >= 0.6 is 0 Å². The average Bonchev–Trinajstić information content (AvgIpc) is 0. The van der Waals surface area contributed by atoms with E-state index in [0.717, 1.165) is 0 Å². The van der Waals surface area contributed by atoms with Crippen LogP contribution in [0.4, 0.5) is 0 Å². The van der Waals surface area contributed by atoms with Gasteiger partial charge in [-0.3, -0.25) is 0 Å². The molecule has 23 valence electrons. The van der Waals surface area contributed by atoms with Crippen LogP contribution in [-0.2, 0) is 16.5 Å². The van der Waals surface area contributed by atoms with Gasteiger partial charge in [-0.15, -0.1) is 0 Å². The van der Waals surface area contributed by atoms with E-state index >= 15 is 0 Å². The van der Waals surface area contributed by atoms with Gasteiger partial charge in [-0.1, -0.05) is 0 Å². The summed E-state index contributed by atoms with van der Waals surface area (Å²) in [4.78, 5) is 0. The Balaban J connectivity index is 0. The third kappa shape index (κ3) is 9.07. The van der Waals surface area contributed by atoms with E-state index in [1.807, 2.05) is 0 Å². The molecule has 0 aromatic heterocycles. The van der Waals surface area contributed by atoms with Crippen molar-refractivity contribution in [1.29, 1.82) is 0 Å². The van der Waals surface area contributed by atoms with Gasteiger partial charge in [0.15, 0.2) is 0 Å². The Morgan fingerprint density at radius 3 is 1.00 bits per heavy atom. The molecule has 0 aromatic rings. The summed E-state index contributed by atoms with van der Waals surface area (Å²) in [6.07, 6.45) is 0. The molecule has 4 heteroatoms. The molecule has 0 rings (SSSR count). The van der Waals surface area contributed by atoms with E-state index in [1.165, 1.54) is 0 Å². The van der Waals surface area contributed by atoms with E-state index in [4.69, 9.17) is 0 Å². The zero-order valence-corrected chi connectivity index (χ0v) is 11.4. The maximum absolute atomic E-state index is 0. The fraction of sp³-hybridized carbons (Fsp3) is 0. The van der Waals surface area contributed by atoms with Crippen molar-refractivity contribution in [3.8, 4) is 0 Å². The summed E-state index contributed by atoms with van der Waals surface area (Å²) in [5.74, 6) is 0. The first-order valence-electron chi connectivity index (χ1n) is 0. The minimum atomic E-state index is 0. The first-order chi connectivity index (χ1) is 0. The van der Waals surface area contributed by atoms with Gasteiger partial charge in [0, 0.05) is 106 Å². The quantitative estimate of drug-likeness (QED) is 0.432. The molecule has 0 heterocycles. The standard InChI is InChI=1S/Nd.Ni.Sb.Sn. The van der Waals surface area contributed by atoms with Gasteiger partial charge in [0.05, 0.1) is 0 Å². The molecular formula is NdNiSbSn. The Hall–Kier alpha value is 3.46. The van der Waals surface area contributed by atoms with Gasteiger partial charge in [-0.25, -0.2) is 0 Å². The van der Waals surface area contributed by atoms with Crippen molar-refractivity contribution in [3.63, 3.8) is 0 Å². The Morgan fingerprint density at radius 1 is 1.00 bits per heavy atom. The summed E-state index contributed by atoms with van der Waals surface area (Å²) in [5, 5.41) is 0. The molecule has 0 atom stereocenters. The molecule has 0 N–H and O–H groups in total. The molecule has 0 saturated heterocycles. The molecule has 0 aliphatic carbocycles. The minimum absolute atomic E-state index is 0. The molecule has 0 amide bonds. The van der Waals surface area contributed by atoms with Crippen LogP contribution in [0.15, 0.2) is 0 Å². The first kappa shape index (κ1) is 26.0. The number of hydrogen-bond acceptors (Lipinski definition) is 0. The maximum Gasteiger partial charge on any atom is 0 e. The molecule has 0 aliphatic rings. The fourth-order valence-electron chi connectivity index (χ4n) is 0. The predicted octanol–water partition coefficient (Wildman–Crippen LogP) is -0.764. The van der Waals surface area contributed by atoms with Crippen molar-refractivity contribution in [2.24, 2.45) is 0 Å². The van der Waals surface area contributed by atoms with E-state index in [1.54, 1.807) is 0 Å². The van der Waals surface area contributed by atoms with Gasteiger partial charge >= 0.3 is 0 Å². The van der Waals surface area contributed by atoms with Crippen molar-refractivity contribution < 1.29 is 57.3 Å². The molecule has 0 aliphatic heterocycles. The largest absolute Gasteiger partial charge is 0 e. The monoisotopic (exact) mass is 441 g/mol. The molecule has 0 aromatic carbocycles. The SMILES string of the molecule is [Nd].[Ni].[Sb].[Sn]. The molecule has 0 fully saturated rings. The Morgan fingerprint density at radius 2 is 1.00 bits per heavy atom. The summed E-state index contributed by atoms with van der Waals surface area (Å²) >= 11 is 0. The van der Waals surface area contributed by atoms with Crippen molar-refractivity contribution in [1.82, 2.24) is 0 Å². The van der Waals surface area contributed by atoms with Crippen molar-refractivity contribution in [2.75, 3.05) is 0 Å². The number of hydrogen-bond donors (Lipinski definition) is 0. The Labute approximate surface area is 103 Å². The molecule has 0 nitrogen and oxygen atoms in total. The van der Waals surface area contributed by atoms with Crippen LogP contribution in [0.25, 0.3) is 0 Å². The van der Waals surface area contributed by atoms with Gasteiger partial charge < -0.3 is 0 Å². The van der Waals surface area contributed by atoms with Crippen LogP contribution < -0.4 is 0 Å². The molecular weight excluding hydrogens is 443 g/mol. The molecule has 7 radical (unpaired) electrons. The molecule has 0 bridgehead atoms. The first-order valence-corrected chi connectivity index (χ1v) is 0. The second-order valence-electron chi connectivity index (χ2n) is 0. The second kappa shape index (κ2) is 16.1. The van der Waals surface area contributed by atoms with Gasteiger partial charge in [0.25, 0.3) is 0 Å². The van der Waals surface area contributed by atoms with Crippen LogP contribution in [0, 0.1) is 40.8 Å². The van der Waals surface area contributed by atoms with Crippen molar-refractivity contribution >= 4 is 48.3 Å². The zero-order valence-electron chi connectivity index (χ0n) is 1.76. The van der Waals surface area contributed by atoms with Gasteiger partial charge in [-0.2, -0.15) is 0 Å². The van der Waals surface area contributed by atoms with Crippen molar-refractivity contribution in [3.05, 3.63) is 0 Å². The van der Waals surface area contributed by atoms with Crippen LogP contribution in [0.3, 0.4) is 0 Å². The van der Waals surface area contributed by atoms with E-state index in [9.17, 15) is 0 Å². The van der Waals surface area contributed by atoms with Gasteiger partial charge in [-0.05, 0) is 0 Å². The van der Waals surface area contributed by atoms with Crippen LogP contribution in [0.2, 0.25) is 0 Å². The van der Waals surface area contributed by atoms with Crippen LogP contribution in [-0.4, -0.2) is 48.3 Å². The summed E-state index contributed by atoms with van der Waals surface area (Å²) in [6, 6.07) is 0. The normalized spacial score (nSPS) is 0. The molecule has 4 heavy (non-hydrogen) atoms. The Kier molecular flexibility index (Phi) is 105. The second-order valence-corrected chi connectivity index (χ2v) is 0. The van der Waals surface area contributed by atoms with Crippen LogP contribution in [0.5, 0.6) is 0 Å². The predicted molar refractivity (Wildman–Crippen MR) is 11.5 cm³/mol. The molecule has 0 unspecified atom stereocenters. The fourth-order valence-corrected chi connectivity index (χ4v) is 0. The molecule has 0 saturated carbocycles. The summed E-state index contributed by atoms with van der Waals surface area (Å²) < 4.78 is 0. The van der Waals surface area contributed by atoms with E-state index in [0.29, 0.717) is 0 Å². The van der Waals surface area contributed by atoms with E-state index in [2.05, 4.69) is 0 Å². The Bertz CT molecular complexity index is 8.00. The summed E-state index contributed by atoms with van der Waals surface area (Å²) in [6.45, 7) is 0. The van der Waals surface area contributed by atoms with Crippen molar-refractivity contribution in [2.45, 2.75) is 0 Å². The smallest absolute Gasteiger partial charge is 0 e.